The molecule has 0 aliphatic carbocycles. The second kappa shape index (κ2) is 4.30. The average Bonchev–Trinajstić information content (AvgIpc) is 2.27. The van der Waals surface area contributed by atoms with Crippen molar-refractivity contribution >= 4 is 10.9 Å². The van der Waals surface area contributed by atoms with Crippen LogP contribution in [-0.4, -0.2) is 4.98 Å². The molecule has 1 aromatic carbocycles. The zero-order chi connectivity index (χ0) is 13.5. The van der Waals surface area contributed by atoms with Gasteiger partial charge in [-0.05, 0) is 56.5 Å². The third-order valence-electron chi connectivity index (χ3n) is 3.10. The number of nitrogens with zero attached hydrogens (tertiary/aromatic N) is 1. The normalized spacial score (nSPS) is 12.1. The molecule has 0 saturated heterocycles. The molecule has 0 spiro atoms. The predicted octanol–water partition coefficient (Wildman–Crippen LogP) is 4.45. The van der Waals surface area contributed by atoms with Gasteiger partial charge in [-0.3, -0.25) is 4.98 Å². The number of alkyl halides is 1. The molecule has 0 unspecified atom stereocenters. The van der Waals surface area contributed by atoms with Gasteiger partial charge < -0.3 is 0 Å². The van der Waals surface area contributed by atoms with Gasteiger partial charge in [-0.15, -0.1) is 0 Å². The summed E-state index contributed by atoms with van der Waals surface area (Å²) in [5.41, 5.74) is 0.736. The fourth-order valence-electron chi connectivity index (χ4n) is 2.17. The number of hydrogen-bond acceptors (Lipinski definition) is 1. The third-order valence-corrected chi connectivity index (χ3v) is 3.10. The van der Waals surface area contributed by atoms with Gasteiger partial charge in [0.25, 0.3) is 0 Å². The third kappa shape index (κ3) is 2.22. The van der Waals surface area contributed by atoms with E-state index < -0.39 is 5.67 Å². The number of halogens is 2. The van der Waals surface area contributed by atoms with Crippen LogP contribution in [0.2, 0.25) is 0 Å². The predicted molar refractivity (Wildman–Crippen MR) is 70.0 cm³/mol. The molecule has 1 heterocycles. The lowest BCUT2D eigenvalue weighted by Gasteiger charge is -2.18. The maximum Gasteiger partial charge on any atom is 0.149 e. The molecule has 0 aliphatic heterocycles. The van der Waals surface area contributed by atoms with E-state index in [4.69, 9.17) is 0 Å². The van der Waals surface area contributed by atoms with Crippen LogP contribution < -0.4 is 0 Å². The van der Waals surface area contributed by atoms with Crippen molar-refractivity contribution < 1.29 is 8.78 Å². The zero-order valence-electron chi connectivity index (χ0n) is 11.1. The van der Waals surface area contributed by atoms with Crippen molar-refractivity contribution in [1.29, 1.82) is 0 Å². The molecule has 0 saturated carbocycles. The first-order chi connectivity index (χ1) is 8.32. The SMILES string of the molecule is CCc1cc(F)c2nc(C)cc(C(C)(C)F)c2c1. The summed E-state index contributed by atoms with van der Waals surface area (Å²) < 4.78 is 28.2. The van der Waals surface area contributed by atoms with Crippen molar-refractivity contribution in [3.8, 4) is 0 Å². The summed E-state index contributed by atoms with van der Waals surface area (Å²) in [4.78, 5) is 4.18. The lowest BCUT2D eigenvalue weighted by molar-refractivity contribution is 0.223. The number of rotatable bonds is 2. The average molecular weight is 249 g/mol. The number of aromatic nitrogens is 1. The second-order valence-corrected chi connectivity index (χ2v) is 5.11. The van der Waals surface area contributed by atoms with Gasteiger partial charge in [-0.25, -0.2) is 8.78 Å². The second-order valence-electron chi connectivity index (χ2n) is 5.11. The molecule has 0 fully saturated rings. The number of hydrogen-bond donors (Lipinski definition) is 0. The van der Waals surface area contributed by atoms with E-state index in [1.165, 1.54) is 19.9 Å². The maximum atomic E-state index is 14.2. The van der Waals surface area contributed by atoms with Gasteiger partial charge in [0.2, 0.25) is 0 Å². The first-order valence-corrected chi connectivity index (χ1v) is 6.12. The van der Waals surface area contributed by atoms with Gasteiger partial charge in [-0.2, -0.15) is 0 Å². The summed E-state index contributed by atoms with van der Waals surface area (Å²) in [6.07, 6.45) is 0.715. The zero-order valence-corrected chi connectivity index (χ0v) is 11.1. The lowest BCUT2D eigenvalue weighted by Crippen LogP contribution is -2.11. The maximum absolute atomic E-state index is 14.2. The van der Waals surface area contributed by atoms with Gasteiger partial charge in [-0.1, -0.05) is 6.92 Å². The molecule has 2 rings (SSSR count). The molecule has 0 N–H and O–H groups in total. The number of benzene rings is 1. The summed E-state index contributed by atoms with van der Waals surface area (Å²) in [5.74, 6) is -0.376. The smallest absolute Gasteiger partial charge is 0.149 e. The van der Waals surface area contributed by atoms with Crippen LogP contribution in [0.3, 0.4) is 0 Å². The number of aryl methyl sites for hydroxylation is 2. The Morgan fingerprint density at radius 2 is 1.89 bits per heavy atom. The molecule has 0 amide bonds. The van der Waals surface area contributed by atoms with Crippen LogP contribution in [0.4, 0.5) is 8.78 Å². The molecule has 2 aromatic rings. The van der Waals surface area contributed by atoms with E-state index in [9.17, 15) is 8.78 Å². The number of fused-ring (bicyclic) bond motifs is 1. The monoisotopic (exact) mass is 249 g/mol. The first kappa shape index (κ1) is 12.9. The quantitative estimate of drug-likeness (QED) is 0.766. The van der Waals surface area contributed by atoms with Crippen molar-refractivity contribution in [3.05, 3.63) is 40.8 Å². The van der Waals surface area contributed by atoms with Crippen LogP contribution in [0.25, 0.3) is 10.9 Å². The molecular formula is C15H17F2N. The summed E-state index contributed by atoms with van der Waals surface area (Å²) in [5, 5.41) is 0.574. The van der Waals surface area contributed by atoms with E-state index in [0.29, 0.717) is 23.1 Å². The molecule has 1 aromatic heterocycles. The van der Waals surface area contributed by atoms with E-state index in [2.05, 4.69) is 4.98 Å². The Morgan fingerprint density at radius 3 is 2.44 bits per heavy atom. The van der Waals surface area contributed by atoms with E-state index in [-0.39, 0.29) is 11.3 Å². The van der Waals surface area contributed by atoms with Crippen LogP contribution in [-0.2, 0) is 12.1 Å². The molecule has 96 valence electrons. The Balaban J connectivity index is 2.89. The van der Waals surface area contributed by atoms with Gasteiger partial charge >= 0.3 is 0 Å². The van der Waals surface area contributed by atoms with Gasteiger partial charge in [0, 0.05) is 11.1 Å². The van der Waals surface area contributed by atoms with E-state index in [1.54, 1.807) is 13.0 Å². The van der Waals surface area contributed by atoms with Crippen molar-refractivity contribution in [2.24, 2.45) is 0 Å². The number of pyridine rings is 1. The fraction of sp³-hybridized carbons (Fsp3) is 0.400. The van der Waals surface area contributed by atoms with Gasteiger partial charge in [0.1, 0.15) is 17.0 Å². The Labute approximate surface area is 106 Å². The van der Waals surface area contributed by atoms with Crippen LogP contribution in [0.1, 0.15) is 37.6 Å². The van der Waals surface area contributed by atoms with E-state index in [0.717, 1.165) is 5.56 Å². The highest BCUT2D eigenvalue weighted by Crippen LogP contribution is 2.33. The summed E-state index contributed by atoms with van der Waals surface area (Å²) in [7, 11) is 0. The highest BCUT2D eigenvalue weighted by atomic mass is 19.1. The van der Waals surface area contributed by atoms with E-state index >= 15 is 0 Å². The molecule has 0 radical (unpaired) electrons. The summed E-state index contributed by atoms with van der Waals surface area (Å²) >= 11 is 0. The summed E-state index contributed by atoms with van der Waals surface area (Å²) in [6.45, 7) is 6.67. The lowest BCUT2D eigenvalue weighted by atomic mass is 9.94. The fourth-order valence-corrected chi connectivity index (χ4v) is 2.17. The van der Waals surface area contributed by atoms with Crippen molar-refractivity contribution in [3.63, 3.8) is 0 Å². The minimum atomic E-state index is -1.51. The Bertz CT molecular complexity index is 597. The Kier molecular flexibility index (Phi) is 3.09. The van der Waals surface area contributed by atoms with Crippen molar-refractivity contribution in [2.75, 3.05) is 0 Å². The highest BCUT2D eigenvalue weighted by Gasteiger charge is 2.23. The molecule has 0 bridgehead atoms. The molecule has 3 heteroatoms. The Morgan fingerprint density at radius 1 is 1.22 bits per heavy atom. The topological polar surface area (TPSA) is 12.9 Å². The molecule has 18 heavy (non-hydrogen) atoms. The standard InChI is InChI=1S/C15H17F2N/c1-5-10-7-11-12(15(3,4)17)6-9(2)18-14(11)13(16)8-10/h6-8H,5H2,1-4H3. The molecular weight excluding hydrogens is 232 g/mol. The Hall–Kier alpha value is -1.51. The minimum Gasteiger partial charge on any atom is -0.250 e. The first-order valence-electron chi connectivity index (χ1n) is 6.12. The molecule has 1 nitrogen and oxygen atoms in total. The highest BCUT2D eigenvalue weighted by molar-refractivity contribution is 5.84. The van der Waals surface area contributed by atoms with Crippen LogP contribution in [0, 0.1) is 12.7 Å². The van der Waals surface area contributed by atoms with Gasteiger partial charge in [0.15, 0.2) is 0 Å². The van der Waals surface area contributed by atoms with Gasteiger partial charge in [0.05, 0.1) is 0 Å². The molecule has 0 atom stereocenters. The van der Waals surface area contributed by atoms with Crippen LogP contribution in [0.5, 0.6) is 0 Å². The largest absolute Gasteiger partial charge is 0.250 e. The van der Waals surface area contributed by atoms with Crippen LogP contribution >= 0.6 is 0 Å². The van der Waals surface area contributed by atoms with Crippen molar-refractivity contribution in [2.45, 2.75) is 39.8 Å². The van der Waals surface area contributed by atoms with Crippen molar-refractivity contribution in [1.82, 2.24) is 4.98 Å². The van der Waals surface area contributed by atoms with Crippen LogP contribution in [0.15, 0.2) is 18.2 Å². The minimum absolute atomic E-state index is 0.257. The van der Waals surface area contributed by atoms with E-state index in [1.807, 2.05) is 13.0 Å². The summed E-state index contributed by atoms with van der Waals surface area (Å²) in [6, 6.07) is 5.01. The molecule has 0 aliphatic rings.